The molecule has 1 aromatic carbocycles. The van der Waals surface area contributed by atoms with E-state index < -0.39 is 6.10 Å². The van der Waals surface area contributed by atoms with Crippen molar-refractivity contribution in [2.75, 3.05) is 13.7 Å². The minimum Gasteiger partial charge on any atom is -0.496 e. The Morgan fingerprint density at radius 1 is 1.38 bits per heavy atom. The summed E-state index contributed by atoms with van der Waals surface area (Å²) in [6.07, 6.45) is 3.26. The second-order valence-corrected chi connectivity index (χ2v) is 6.38. The summed E-state index contributed by atoms with van der Waals surface area (Å²) in [5.41, 5.74) is 2.02. The maximum absolute atomic E-state index is 10.5. The molecule has 0 radical (unpaired) electrons. The number of benzene rings is 1. The average molecular weight is 291 g/mol. The molecule has 0 heterocycles. The van der Waals surface area contributed by atoms with Gasteiger partial charge in [-0.05, 0) is 43.7 Å². The Morgan fingerprint density at radius 3 is 2.76 bits per heavy atom. The third-order valence-electron chi connectivity index (χ3n) is 5.07. The molecule has 4 unspecified atom stereocenters. The molecule has 0 spiro atoms. The summed E-state index contributed by atoms with van der Waals surface area (Å²) in [6, 6.07) is 6.48. The third-order valence-corrected chi connectivity index (χ3v) is 5.07. The highest BCUT2D eigenvalue weighted by atomic mass is 16.5. The number of hydrogen-bond donors (Lipinski definition) is 2. The van der Waals surface area contributed by atoms with Gasteiger partial charge in [0.1, 0.15) is 5.75 Å². The molecule has 21 heavy (non-hydrogen) atoms. The number of nitrogens with one attached hydrogen (secondary N) is 1. The van der Waals surface area contributed by atoms with E-state index in [-0.39, 0.29) is 0 Å². The molecule has 1 aliphatic carbocycles. The Hall–Kier alpha value is -1.06. The smallest absolute Gasteiger partial charge is 0.124 e. The van der Waals surface area contributed by atoms with Crippen molar-refractivity contribution in [3.63, 3.8) is 0 Å². The van der Waals surface area contributed by atoms with Crippen LogP contribution in [0, 0.1) is 18.8 Å². The first kappa shape index (κ1) is 16.3. The van der Waals surface area contributed by atoms with E-state index in [9.17, 15) is 5.11 Å². The lowest BCUT2D eigenvalue weighted by atomic mass is 9.93. The van der Waals surface area contributed by atoms with Crippen LogP contribution in [0.5, 0.6) is 5.75 Å². The molecule has 0 aromatic heterocycles. The van der Waals surface area contributed by atoms with Crippen LogP contribution < -0.4 is 10.1 Å². The molecule has 4 atom stereocenters. The monoisotopic (exact) mass is 291 g/mol. The van der Waals surface area contributed by atoms with Gasteiger partial charge in [-0.3, -0.25) is 0 Å². The standard InChI is InChI=1S/C18H29NO2/c1-5-14-7-8-16(13(14)3)19-11-17(20)15-10-12(2)6-9-18(15)21-4/h6,9-10,13-14,16-17,19-20H,5,7-8,11H2,1-4H3. The Balaban J connectivity index is 1.96. The number of ether oxygens (including phenoxy) is 1. The second kappa shape index (κ2) is 7.28. The van der Waals surface area contributed by atoms with E-state index in [2.05, 4.69) is 19.2 Å². The molecule has 0 saturated heterocycles. The number of methoxy groups -OCH3 is 1. The van der Waals surface area contributed by atoms with E-state index in [4.69, 9.17) is 4.74 Å². The maximum atomic E-state index is 10.5. The minimum absolute atomic E-state index is 0.521. The fraction of sp³-hybridized carbons (Fsp3) is 0.667. The van der Waals surface area contributed by atoms with Crippen molar-refractivity contribution < 1.29 is 9.84 Å². The first-order valence-corrected chi connectivity index (χ1v) is 8.12. The van der Waals surface area contributed by atoms with Gasteiger partial charge in [0, 0.05) is 18.2 Å². The van der Waals surface area contributed by atoms with Crippen LogP contribution in [-0.2, 0) is 0 Å². The summed E-state index contributed by atoms with van der Waals surface area (Å²) in [6.45, 7) is 7.23. The SMILES string of the molecule is CCC1CCC(NCC(O)c2cc(C)ccc2OC)C1C. The second-order valence-electron chi connectivity index (χ2n) is 6.38. The van der Waals surface area contributed by atoms with Crippen molar-refractivity contribution in [1.82, 2.24) is 5.32 Å². The molecular weight excluding hydrogens is 262 g/mol. The zero-order chi connectivity index (χ0) is 15.4. The molecule has 0 amide bonds. The Bertz CT molecular complexity index is 461. The molecule has 1 fully saturated rings. The van der Waals surface area contributed by atoms with Gasteiger partial charge in [-0.1, -0.05) is 31.9 Å². The van der Waals surface area contributed by atoms with Crippen LogP contribution in [0.4, 0.5) is 0 Å². The quantitative estimate of drug-likeness (QED) is 0.843. The van der Waals surface area contributed by atoms with Crippen molar-refractivity contribution in [2.24, 2.45) is 11.8 Å². The van der Waals surface area contributed by atoms with Crippen molar-refractivity contribution >= 4 is 0 Å². The van der Waals surface area contributed by atoms with Crippen molar-refractivity contribution in [3.05, 3.63) is 29.3 Å². The first-order valence-electron chi connectivity index (χ1n) is 8.12. The van der Waals surface area contributed by atoms with E-state index in [1.54, 1.807) is 7.11 Å². The third kappa shape index (κ3) is 3.78. The van der Waals surface area contributed by atoms with Crippen LogP contribution in [-0.4, -0.2) is 24.8 Å². The lowest BCUT2D eigenvalue weighted by molar-refractivity contribution is 0.161. The molecule has 3 heteroatoms. The van der Waals surface area contributed by atoms with Gasteiger partial charge in [-0.25, -0.2) is 0 Å². The van der Waals surface area contributed by atoms with Crippen molar-refractivity contribution in [2.45, 2.75) is 52.2 Å². The van der Waals surface area contributed by atoms with E-state index in [1.165, 1.54) is 19.3 Å². The molecule has 2 N–H and O–H groups in total. The summed E-state index contributed by atoms with van der Waals surface area (Å²) in [5.74, 6) is 2.29. The number of hydrogen-bond acceptors (Lipinski definition) is 3. The number of aliphatic hydroxyl groups is 1. The molecule has 3 nitrogen and oxygen atoms in total. The van der Waals surface area contributed by atoms with Crippen LogP contribution in [0.1, 0.15) is 50.3 Å². The highest BCUT2D eigenvalue weighted by Crippen LogP contribution is 2.34. The topological polar surface area (TPSA) is 41.5 Å². The van der Waals surface area contributed by atoms with Gasteiger partial charge in [-0.15, -0.1) is 0 Å². The lowest BCUT2D eigenvalue weighted by Crippen LogP contribution is -2.35. The molecule has 1 aromatic rings. The zero-order valence-corrected chi connectivity index (χ0v) is 13.7. The average Bonchev–Trinajstić information content (AvgIpc) is 2.85. The van der Waals surface area contributed by atoms with E-state index in [0.717, 1.165) is 22.8 Å². The van der Waals surface area contributed by atoms with Crippen LogP contribution in [0.3, 0.4) is 0 Å². The Kier molecular flexibility index (Phi) is 5.65. The molecule has 0 bridgehead atoms. The highest BCUT2D eigenvalue weighted by molar-refractivity contribution is 5.38. The zero-order valence-electron chi connectivity index (χ0n) is 13.7. The summed E-state index contributed by atoms with van der Waals surface area (Å²) in [7, 11) is 1.65. The van der Waals surface area contributed by atoms with Gasteiger partial charge in [0.25, 0.3) is 0 Å². The van der Waals surface area contributed by atoms with E-state index >= 15 is 0 Å². The van der Waals surface area contributed by atoms with Crippen LogP contribution in [0.15, 0.2) is 18.2 Å². The van der Waals surface area contributed by atoms with Crippen LogP contribution >= 0.6 is 0 Å². The molecule has 0 aliphatic heterocycles. The van der Waals surface area contributed by atoms with Crippen molar-refractivity contribution in [3.8, 4) is 5.75 Å². The maximum Gasteiger partial charge on any atom is 0.124 e. The lowest BCUT2D eigenvalue weighted by Gasteiger charge is -2.23. The van der Waals surface area contributed by atoms with Gasteiger partial charge in [0.05, 0.1) is 13.2 Å². The van der Waals surface area contributed by atoms with Crippen molar-refractivity contribution in [1.29, 1.82) is 0 Å². The molecule has 2 rings (SSSR count). The molecule has 1 saturated carbocycles. The predicted molar refractivity (Wildman–Crippen MR) is 86.7 cm³/mol. The number of rotatable bonds is 6. The van der Waals surface area contributed by atoms with E-state index in [0.29, 0.717) is 18.5 Å². The summed E-state index contributed by atoms with van der Waals surface area (Å²) in [4.78, 5) is 0. The Labute approximate surface area is 128 Å². The van der Waals surface area contributed by atoms with Gasteiger partial charge < -0.3 is 15.2 Å². The summed E-state index contributed by atoms with van der Waals surface area (Å²) < 4.78 is 5.36. The Morgan fingerprint density at radius 2 is 2.14 bits per heavy atom. The molecule has 1 aliphatic rings. The summed E-state index contributed by atoms with van der Waals surface area (Å²) in [5, 5.41) is 14.0. The predicted octanol–water partition coefficient (Wildman–Crippen LogP) is 3.45. The largest absolute Gasteiger partial charge is 0.496 e. The van der Waals surface area contributed by atoms with Crippen LogP contribution in [0.25, 0.3) is 0 Å². The number of aryl methyl sites for hydroxylation is 1. The molecular formula is C18H29NO2. The fourth-order valence-electron chi connectivity index (χ4n) is 3.60. The minimum atomic E-state index is -0.521. The van der Waals surface area contributed by atoms with Gasteiger partial charge in [0.15, 0.2) is 0 Å². The highest BCUT2D eigenvalue weighted by Gasteiger charge is 2.31. The fourth-order valence-corrected chi connectivity index (χ4v) is 3.60. The number of aliphatic hydroxyl groups excluding tert-OH is 1. The van der Waals surface area contributed by atoms with Gasteiger partial charge >= 0.3 is 0 Å². The van der Waals surface area contributed by atoms with Gasteiger partial charge in [-0.2, -0.15) is 0 Å². The van der Waals surface area contributed by atoms with E-state index in [1.807, 2.05) is 25.1 Å². The van der Waals surface area contributed by atoms with Crippen LogP contribution in [0.2, 0.25) is 0 Å². The first-order chi connectivity index (χ1) is 10.1. The van der Waals surface area contributed by atoms with Gasteiger partial charge in [0.2, 0.25) is 0 Å². The normalized spacial score (nSPS) is 26.8. The summed E-state index contributed by atoms with van der Waals surface area (Å²) >= 11 is 0. The molecule has 118 valence electrons.